The van der Waals surface area contributed by atoms with Gasteiger partial charge in [0.1, 0.15) is 5.25 Å². The van der Waals surface area contributed by atoms with Gasteiger partial charge in [0.15, 0.2) is 5.82 Å². The summed E-state index contributed by atoms with van der Waals surface area (Å²) in [6.07, 6.45) is -3.94. The summed E-state index contributed by atoms with van der Waals surface area (Å²) in [4.78, 5) is 13.2. The van der Waals surface area contributed by atoms with Crippen molar-refractivity contribution >= 4 is 23.4 Å². The van der Waals surface area contributed by atoms with Gasteiger partial charge in [-0.05, 0) is 24.6 Å². The number of hydrogen-bond donors (Lipinski definition) is 2. The number of nitrogens with one attached hydrogen (secondary N) is 2. The Morgan fingerprint density at radius 3 is 2.55 bits per heavy atom. The van der Waals surface area contributed by atoms with Crippen molar-refractivity contribution in [2.75, 3.05) is 10.7 Å². The van der Waals surface area contributed by atoms with E-state index < -0.39 is 28.9 Å². The van der Waals surface area contributed by atoms with E-state index in [4.69, 9.17) is 0 Å². The number of amides is 1. The van der Waals surface area contributed by atoms with E-state index in [0.717, 1.165) is 17.2 Å². The van der Waals surface area contributed by atoms with Crippen LogP contribution in [0.3, 0.4) is 0 Å². The first-order valence-corrected chi connectivity index (χ1v) is 10.6. The number of benzene rings is 2. The third-order valence-corrected chi connectivity index (χ3v) is 6.22. The average molecular weight is 447 g/mol. The third-order valence-electron chi connectivity index (χ3n) is 5.01. The molecule has 0 saturated heterocycles. The number of para-hydroxylation sites is 1. The maximum absolute atomic E-state index is 13.4. The van der Waals surface area contributed by atoms with Gasteiger partial charge in [0.25, 0.3) is 0 Å². The average Bonchev–Trinajstić information content (AvgIpc) is 3.15. The quantitative estimate of drug-likeness (QED) is 0.613. The number of aryl methyl sites for hydroxylation is 2. The molecule has 1 amide bonds. The molecular formula is C21H20F3N5OS. The van der Waals surface area contributed by atoms with E-state index in [1.165, 1.54) is 30.0 Å². The summed E-state index contributed by atoms with van der Waals surface area (Å²) in [7, 11) is 0. The van der Waals surface area contributed by atoms with Crippen molar-refractivity contribution in [2.24, 2.45) is 0 Å². The van der Waals surface area contributed by atoms with Crippen molar-refractivity contribution in [1.82, 2.24) is 14.9 Å². The Hall–Kier alpha value is -3.01. The van der Waals surface area contributed by atoms with Gasteiger partial charge in [-0.2, -0.15) is 13.2 Å². The maximum atomic E-state index is 13.4. The van der Waals surface area contributed by atoms with Crippen LogP contribution in [0.4, 0.5) is 18.9 Å². The molecule has 4 rings (SSSR count). The second-order valence-corrected chi connectivity index (χ2v) is 8.28. The van der Waals surface area contributed by atoms with Crippen molar-refractivity contribution in [3.05, 3.63) is 71.0 Å². The van der Waals surface area contributed by atoms with Crippen LogP contribution in [-0.4, -0.2) is 26.0 Å². The first kappa shape index (κ1) is 21.2. The van der Waals surface area contributed by atoms with Crippen LogP contribution in [0.5, 0.6) is 0 Å². The number of carbonyl (C=O) groups is 1. The van der Waals surface area contributed by atoms with Crippen molar-refractivity contribution in [2.45, 2.75) is 42.9 Å². The summed E-state index contributed by atoms with van der Waals surface area (Å²) < 4.78 is 41.8. The standard InChI is InChI=1S/C21H20F3N5OS/c1-3-16-26-27-20-29(16)28-17(13-10-8-12(2)9-11-13)18(31-20)19(30)25-15-7-5-4-6-14(15)21(22,23)24/h4-11,17-18,28H,3H2,1-2H3,(H,25,30)/t17-,18-/m1/s1. The van der Waals surface area contributed by atoms with Gasteiger partial charge < -0.3 is 10.7 Å². The van der Waals surface area contributed by atoms with Gasteiger partial charge in [-0.1, -0.05) is 60.6 Å². The minimum Gasteiger partial charge on any atom is -0.324 e. The number of thioether (sulfide) groups is 1. The first-order chi connectivity index (χ1) is 14.8. The molecule has 0 unspecified atom stereocenters. The lowest BCUT2D eigenvalue weighted by atomic mass is 10.0. The Balaban J connectivity index is 1.69. The number of hydrogen-bond acceptors (Lipinski definition) is 5. The lowest BCUT2D eigenvalue weighted by molar-refractivity contribution is -0.137. The van der Waals surface area contributed by atoms with Gasteiger partial charge >= 0.3 is 6.18 Å². The predicted molar refractivity (Wildman–Crippen MR) is 112 cm³/mol. The molecule has 0 spiro atoms. The van der Waals surface area contributed by atoms with Gasteiger partial charge in [0.05, 0.1) is 17.3 Å². The predicted octanol–water partition coefficient (Wildman–Crippen LogP) is 4.57. The largest absolute Gasteiger partial charge is 0.418 e. The van der Waals surface area contributed by atoms with Crippen LogP contribution in [0, 0.1) is 6.92 Å². The van der Waals surface area contributed by atoms with Crippen molar-refractivity contribution in [3.8, 4) is 0 Å². The summed E-state index contributed by atoms with van der Waals surface area (Å²) in [5.41, 5.74) is 4.02. The zero-order valence-electron chi connectivity index (χ0n) is 16.8. The number of nitrogens with zero attached hydrogens (tertiary/aromatic N) is 3. The fraction of sp³-hybridized carbons (Fsp3) is 0.286. The van der Waals surface area contributed by atoms with Crippen molar-refractivity contribution in [3.63, 3.8) is 0 Å². The normalized spacial score (nSPS) is 18.2. The molecule has 2 N–H and O–H groups in total. The monoisotopic (exact) mass is 447 g/mol. The van der Waals surface area contributed by atoms with Crippen LogP contribution < -0.4 is 10.7 Å². The van der Waals surface area contributed by atoms with Gasteiger partial charge in [-0.25, -0.2) is 4.68 Å². The molecule has 1 aromatic heterocycles. The minimum atomic E-state index is -4.58. The molecule has 162 valence electrons. The van der Waals surface area contributed by atoms with E-state index in [2.05, 4.69) is 20.9 Å². The fourth-order valence-electron chi connectivity index (χ4n) is 3.39. The molecule has 1 aliphatic rings. The molecule has 0 aliphatic carbocycles. The summed E-state index contributed by atoms with van der Waals surface area (Å²) in [5.74, 6) is 0.160. The molecule has 3 aromatic rings. The first-order valence-electron chi connectivity index (χ1n) is 9.69. The Kier molecular flexibility index (Phi) is 5.65. The SMILES string of the molecule is CCc1nnc2n1N[C@H](c1ccc(C)cc1)[C@H](C(=O)Nc1ccccc1C(F)(F)F)S2. The van der Waals surface area contributed by atoms with Gasteiger partial charge in [0.2, 0.25) is 11.1 Å². The highest BCUT2D eigenvalue weighted by atomic mass is 32.2. The second kappa shape index (κ2) is 8.26. The van der Waals surface area contributed by atoms with Crippen LogP contribution in [0.2, 0.25) is 0 Å². The molecule has 2 atom stereocenters. The van der Waals surface area contributed by atoms with Crippen LogP contribution in [-0.2, 0) is 17.4 Å². The highest BCUT2D eigenvalue weighted by Gasteiger charge is 2.39. The minimum absolute atomic E-state index is 0.274. The van der Waals surface area contributed by atoms with Crippen LogP contribution >= 0.6 is 11.8 Å². The number of aromatic nitrogens is 3. The molecule has 2 aromatic carbocycles. The topological polar surface area (TPSA) is 71.8 Å². The molecule has 0 bridgehead atoms. The third kappa shape index (κ3) is 4.25. The van der Waals surface area contributed by atoms with Crippen LogP contribution in [0.15, 0.2) is 53.7 Å². The highest BCUT2D eigenvalue weighted by molar-refractivity contribution is 8.00. The molecular weight excluding hydrogens is 427 g/mol. The zero-order valence-corrected chi connectivity index (χ0v) is 17.6. The van der Waals surface area contributed by atoms with Crippen LogP contribution in [0.25, 0.3) is 0 Å². The number of anilines is 1. The summed E-state index contributed by atoms with van der Waals surface area (Å²) in [6, 6.07) is 12.1. The molecule has 6 nitrogen and oxygen atoms in total. The maximum Gasteiger partial charge on any atom is 0.418 e. The summed E-state index contributed by atoms with van der Waals surface area (Å²) in [6.45, 7) is 3.90. The number of halogens is 3. The van der Waals surface area contributed by atoms with Gasteiger partial charge in [0, 0.05) is 6.42 Å². The highest BCUT2D eigenvalue weighted by Crippen LogP contribution is 2.39. The van der Waals surface area contributed by atoms with E-state index in [0.29, 0.717) is 17.4 Å². The van der Waals surface area contributed by atoms with Gasteiger partial charge in [-0.15, -0.1) is 10.2 Å². The van der Waals surface area contributed by atoms with Crippen LogP contribution in [0.1, 0.15) is 35.5 Å². The summed E-state index contributed by atoms with van der Waals surface area (Å²) in [5, 5.41) is 10.5. The second-order valence-electron chi connectivity index (χ2n) is 7.18. The van der Waals surface area contributed by atoms with E-state index >= 15 is 0 Å². The molecule has 1 aliphatic heterocycles. The van der Waals surface area contributed by atoms with Gasteiger partial charge in [-0.3, -0.25) is 4.79 Å². The molecule has 0 radical (unpaired) electrons. The summed E-state index contributed by atoms with van der Waals surface area (Å²) >= 11 is 1.17. The Morgan fingerprint density at radius 2 is 1.87 bits per heavy atom. The number of rotatable bonds is 4. The molecule has 0 saturated carbocycles. The number of carbonyl (C=O) groups excluding carboxylic acids is 1. The number of alkyl halides is 3. The smallest absolute Gasteiger partial charge is 0.324 e. The van der Waals surface area contributed by atoms with E-state index in [1.807, 2.05) is 38.1 Å². The van der Waals surface area contributed by atoms with E-state index in [1.54, 1.807) is 4.68 Å². The molecule has 2 heterocycles. The van der Waals surface area contributed by atoms with Crippen molar-refractivity contribution < 1.29 is 18.0 Å². The Bertz CT molecular complexity index is 1100. The van der Waals surface area contributed by atoms with E-state index in [-0.39, 0.29) is 5.69 Å². The molecule has 0 fully saturated rings. The zero-order chi connectivity index (χ0) is 22.2. The Labute approximate surface area is 181 Å². The fourth-order valence-corrected chi connectivity index (χ4v) is 4.49. The molecule has 31 heavy (non-hydrogen) atoms. The Morgan fingerprint density at radius 1 is 1.16 bits per heavy atom. The molecule has 10 heteroatoms. The van der Waals surface area contributed by atoms with Crippen molar-refractivity contribution in [1.29, 1.82) is 0 Å². The lowest BCUT2D eigenvalue weighted by Crippen LogP contribution is -2.41. The lowest BCUT2D eigenvalue weighted by Gasteiger charge is -2.33. The van der Waals surface area contributed by atoms with E-state index in [9.17, 15) is 18.0 Å². The number of fused-ring (bicyclic) bond motifs is 1.